The lowest BCUT2D eigenvalue weighted by Crippen LogP contribution is -2.32. The molecule has 24 heavy (non-hydrogen) atoms. The van der Waals surface area contributed by atoms with Gasteiger partial charge in [0.1, 0.15) is 23.9 Å². The van der Waals surface area contributed by atoms with Gasteiger partial charge in [0.25, 0.3) is 5.91 Å². The van der Waals surface area contributed by atoms with E-state index in [1.165, 1.54) is 0 Å². The molecule has 0 atom stereocenters. The molecule has 1 N–H and O–H groups in total. The first-order valence-corrected chi connectivity index (χ1v) is 8.76. The lowest BCUT2D eigenvalue weighted by Gasteiger charge is -2.09. The third kappa shape index (κ3) is 6.66. The number of carbonyl (C=O) groups is 1. The first-order chi connectivity index (χ1) is 11.7. The van der Waals surface area contributed by atoms with Crippen LogP contribution in [-0.4, -0.2) is 32.3 Å². The summed E-state index contributed by atoms with van der Waals surface area (Å²) in [5.41, 5.74) is 0. The third-order valence-electron chi connectivity index (χ3n) is 2.99. The maximum absolute atomic E-state index is 11.7. The highest BCUT2D eigenvalue weighted by atomic mass is 127. The highest BCUT2D eigenvalue weighted by Crippen LogP contribution is 2.17. The number of nitrogens with one attached hydrogen (secondary N) is 1. The second kappa shape index (κ2) is 10.0. The van der Waals surface area contributed by atoms with Crippen molar-refractivity contribution in [3.8, 4) is 17.2 Å². The molecule has 2 rings (SSSR count). The second-order valence-corrected chi connectivity index (χ2v) is 6.09. The molecule has 0 heterocycles. The summed E-state index contributed by atoms with van der Waals surface area (Å²) >= 11 is 2.20. The highest BCUT2D eigenvalue weighted by molar-refractivity contribution is 14.1. The molecule has 0 unspecified atom stereocenters. The van der Waals surface area contributed by atoms with E-state index in [1.54, 1.807) is 0 Å². The number of hydrogen-bond acceptors (Lipinski definition) is 4. The van der Waals surface area contributed by atoms with Crippen LogP contribution < -0.4 is 19.5 Å². The number of hydrogen-bond donors (Lipinski definition) is 1. The summed E-state index contributed by atoms with van der Waals surface area (Å²) in [6.07, 6.45) is 0. The van der Waals surface area contributed by atoms with Crippen LogP contribution in [0.3, 0.4) is 0 Å². The molecule has 0 aliphatic heterocycles. The van der Waals surface area contributed by atoms with E-state index in [9.17, 15) is 4.79 Å². The molecule has 0 bridgehead atoms. The predicted octanol–water partition coefficient (Wildman–Crippen LogP) is 3.26. The highest BCUT2D eigenvalue weighted by Gasteiger charge is 2.03. The van der Waals surface area contributed by atoms with Crippen LogP contribution >= 0.6 is 22.6 Å². The van der Waals surface area contributed by atoms with Gasteiger partial charge in [-0.15, -0.1) is 0 Å². The minimum Gasteiger partial charge on any atom is -0.494 e. The van der Waals surface area contributed by atoms with Crippen LogP contribution in [0.1, 0.15) is 6.92 Å². The molecule has 0 aliphatic rings. The topological polar surface area (TPSA) is 56.8 Å². The molecule has 0 radical (unpaired) electrons. The van der Waals surface area contributed by atoms with E-state index in [0.717, 1.165) is 15.1 Å². The van der Waals surface area contributed by atoms with E-state index in [0.29, 0.717) is 25.5 Å². The average molecular weight is 441 g/mol. The summed E-state index contributed by atoms with van der Waals surface area (Å²) in [5, 5.41) is 2.75. The maximum Gasteiger partial charge on any atom is 0.258 e. The Balaban J connectivity index is 1.62. The Morgan fingerprint density at radius 3 is 2.38 bits per heavy atom. The van der Waals surface area contributed by atoms with Crippen LogP contribution in [0.25, 0.3) is 0 Å². The van der Waals surface area contributed by atoms with Gasteiger partial charge in [-0.3, -0.25) is 4.79 Å². The van der Waals surface area contributed by atoms with Gasteiger partial charge in [0.15, 0.2) is 6.61 Å². The van der Waals surface area contributed by atoms with E-state index in [-0.39, 0.29) is 12.5 Å². The van der Waals surface area contributed by atoms with Crippen molar-refractivity contribution in [2.75, 3.05) is 26.4 Å². The molecule has 0 aromatic heterocycles. The number of carbonyl (C=O) groups excluding carboxylic acids is 1. The van der Waals surface area contributed by atoms with Gasteiger partial charge in [-0.25, -0.2) is 0 Å². The van der Waals surface area contributed by atoms with Crippen molar-refractivity contribution in [2.24, 2.45) is 0 Å². The summed E-state index contributed by atoms with van der Waals surface area (Å²) in [6.45, 7) is 3.37. The normalized spacial score (nSPS) is 10.1. The smallest absolute Gasteiger partial charge is 0.258 e. The van der Waals surface area contributed by atoms with Crippen molar-refractivity contribution < 1.29 is 19.0 Å². The predicted molar refractivity (Wildman–Crippen MR) is 101 cm³/mol. The van der Waals surface area contributed by atoms with Crippen molar-refractivity contribution in [1.82, 2.24) is 5.32 Å². The zero-order chi connectivity index (χ0) is 17.2. The fraction of sp³-hybridized carbons (Fsp3) is 0.278. The number of ether oxygens (including phenoxy) is 3. The Kier molecular flexibility index (Phi) is 7.67. The third-order valence-corrected chi connectivity index (χ3v) is 3.66. The first-order valence-electron chi connectivity index (χ1n) is 7.68. The average Bonchev–Trinajstić information content (AvgIpc) is 2.59. The Hall–Kier alpha value is -1.96. The van der Waals surface area contributed by atoms with Crippen LogP contribution in [0.5, 0.6) is 17.2 Å². The standard InChI is InChI=1S/C18H20INO4/c1-2-22-15-6-8-16(9-7-15)23-11-10-20-18(21)13-24-17-5-3-4-14(19)12-17/h3-9,12H,2,10-11,13H2,1H3,(H,20,21). The van der Waals surface area contributed by atoms with Gasteiger partial charge in [0.2, 0.25) is 0 Å². The number of rotatable bonds is 9. The van der Waals surface area contributed by atoms with E-state index in [4.69, 9.17) is 14.2 Å². The monoisotopic (exact) mass is 441 g/mol. The largest absolute Gasteiger partial charge is 0.494 e. The zero-order valence-electron chi connectivity index (χ0n) is 13.5. The lowest BCUT2D eigenvalue weighted by atomic mass is 10.3. The molecule has 2 aromatic carbocycles. The van der Waals surface area contributed by atoms with Crippen LogP contribution in [0, 0.1) is 3.57 Å². The Morgan fingerprint density at radius 2 is 1.71 bits per heavy atom. The summed E-state index contributed by atoms with van der Waals surface area (Å²) in [6, 6.07) is 14.9. The van der Waals surface area contributed by atoms with Gasteiger partial charge in [0, 0.05) is 3.57 Å². The van der Waals surface area contributed by atoms with Gasteiger partial charge < -0.3 is 19.5 Å². The summed E-state index contributed by atoms with van der Waals surface area (Å²) in [5.74, 6) is 2.06. The molecule has 0 fully saturated rings. The van der Waals surface area contributed by atoms with Gasteiger partial charge in [-0.1, -0.05) is 6.07 Å². The maximum atomic E-state index is 11.7. The molecular formula is C18H20INO4. The molecule has 6 heteroatoms. The quantitative estimate of drug-likeness (QED) is 0.480. The molecule has 0 saturated carbocycles. The summed E-state index contributed by atoms with van der Waals surface area (Å²) < 4.78 is 17.4. The number of benzene rings is 2. The summed E-state index contributed by atoms with van der Waals surface area (Å²) in [4.78, 5) is 11.7. The fourth-order valence-electron chi connectivity index (χ4n) is 1.91. The number of amides is 1. The zero-order valence-corrected chi connectivity index (χ0v) is 15.6. The van der Waals surface area contributed by atoms with Gasteiger partial charge in [0.05, 0.1) is 13.2 Å². The Morgan fingerprint density at radius 1 is 1.00 bits per heavy atom. The molecule has 5 nitrogen and oxygen atoms in total. The first kappa shape index (κ1) is 18.4. The van der Waals surface area contributed by atoms with Gasteiger partial charge in [-0.05, 0) is 72.0 Å². The molecular weight excluding hydrogens is 421 g/mol. The van der Waals surface area contributed by atoms with Crippen molar-refractivity contribution in [3.05, 3.63) is 52.1 Å². The van der Waals surface area contributed by atoms with Crippen molar-refractivity contribution in [2.45, 2.75) is 6.92 Å². The van der Waals surface area contributed by atoms with Crippen molar-refractivity contribution in [1.29, 1.82) is 0 Å². The second-order valence-electron chi connectivity index (χ2n) is 4.85. The fourth-order valence-corrected chi connectivity index (χ4v) is 2.43. The molecule has 0 spiro atoms. The minimum absolute atomic E-state index is 0.0108. The van der Waals surface area contributed by atoms with Gasteiger partial charge >= 0.3 is 0 Å². The molecule has 1 amide bonds. The van der Waals surface area contributed by atoms with Crippen molar-refractivity contribution in [3.63, 3.8) is 0 Å². The molecule has 0 aliphatic carbocycles. The molecule has 2 aromatic rings. The van der Waals surface area contributed by atoms with E-state index in [2.05, 4.69) is 27.9 Å². The molecule has 128 valence electrons. The minimum atomic E-state index is -0.177. The van der Waals surface area contributed by atoms with Crippen LogP contribution in [0.4, 0.5) is 0 Å². The Bertz CT molecular complexity index is 646. The Labute approximate surface area is 155 Å². The summed E-state index contributed by atoms with van der Waals surface area (Å²) in [7, 11) is 0. The van der Waals surface area contributed by atoms with E-state index in [1.807, 2.05) is 55.5 Å². The van der Waals surface area contributed by atoms with Crippen LogP contribution in [0.15, 0.2) is 48.5 Å². The lowest BCUT2D eigenvalue weighted by molar-refractivity contribution is -0.123. The van der Waals surface area contributed by atoms with Crippen molar-refractivity contribution >= 4 is 28.5 Å². The SMILES string of the molecule is CCOc1ccc(OCCNC(=O)COc2cccc(I)c2)cc1. The van der Waals surface area contributed by atoms with Crippen LogP contribution in [-0.2, 0) is 4.79 Å². The van der Waals surface area contributed by atoms with Crippen LogP contribution in [0.2, 0.25) is 0 Å². The van der Waals surface area contributed by atoms with E-state index < -0.39 is 0 Å². The van der Waals surface area contributed by atoms with Gasteiger partial charge in [-0.2, -0.15) is 0 Å². The van der Waals surface area contributed by atoms with E-state index >= 15 is 0 Å². The number of halogens is 1. The molecule has 0 saturated heterocycles.